The monoisotopic (exact) mass is 472 g/mol. The Balaban J connectivity index is 2.21. The molecule has 26 heavy (non-hydrogen) atoms. The lowest BCUT2D eigenvalue weighted by Crippen LogP contribution is -2.46. The van der Waals surface area contributed by atoms with Gasteiger partial charge >= 0.3 is 6.03 Å². The number of hydrogen-bond acceptors (Lipinski definition) is 1. The summed E-state index contributed by atoms with van der Waals surface area (Å²) in [4.78, 5) is 12.5. The van der Waals surface area contributed by atoms with Crippen LogP contribution in [0.2, 0.25) is 0 Å². The topological polar surface area (TPSA) is 41.1 Å². The molecule has 0 heterocycles. The van der Waals surface area contributed by atoms with Crippen molar-refractivity contribution in [3.8, 4) is 0 Å². The molecule has 0 spiro atoms. The molecule has 9 heteroatoms. The molecule has 0 bridgehead atoms. The first-order chi connectivity index (χ1) is 12.1. The number of carbonyl (C=O) groups is 1. The smallest absolute Gasteiger partial charge is 0.316 e. The minimum Gasteiger partial charge on any atom is -0.327 e. The molecule has 2 N–H and O–H groups in total. The van der Waals surface area contributed by atoms with Crippen LogP contribution in [0.1, 0.15) is 23.2 Å². The number of amides is 2. The molecule has 140 valence electrons. The number of carbonyl (C=O) groups excluding carboxylic acids is 1. The third-order valence-corrected chi connectivity index (χ3v) is 4.78. The van der Waals surface area contributed by atoms with Crippen molar-refractivity contribution >= 4 is 75.6 Å². The van der Waals surface area contributed by atoms with Crippen molar-refractivity contribution in [2.45, 2.75) is 19.7 Å². The molecular weight excluding hydrogens is 461 g/mol. The quantitative estimate of drug-likeness (QED) is 0.487. The van der Waals surface area contributed by atoms with E-state index in [1.165, 1.54) is 0 Å². The number of alkyl halides is 6. The van der Waals surface area contributed by atoms with Crippen molar-refractivity contribution in [2.24, 2.45) is 0 Å². The Labute approximate surface area is 181 Å². The van der Waals surface area contributed by atoms with Gasteiger partial charge < -0.3 is 10.6 Å². The number of rotatable bonds is 4. The molecule has 0 saturated carbocycles. The van der Waals surface area contributed by atoms with Crippen LogP contribution in [0.3, 0.4) is 0 Å². The predicted octanol–water partition coefficient (Wildman–Crippen LogP) is 6.51. The summed E-state index contributed by atoms with van der Waals surface area (Å²) in [6.07, 6.45) is 0. The summed E-state index contributed by atoms with van der Waals surface area (Å²) in [7, 11) is 0. The van der Waals surface area contributed by atoms with Crippen LogP contribution in [0.4, 0.5) is 4.79 Å². The van der Waals surface area contributed by atoms with E-state index in [-0.39, 0.29) is 0 Å². The van der Waals surface area contributed by atoms with E-state index in [4.69, 9.17) is 69.6 Å². The van der Waals surface area contributed by atoms with Gasteiger partial charge in [0.2, 0.25) is 7.59 Å². The van der Waals surface area contributed by atoms with Crippen LogP contribution in [0.5, 0.6) is 0 Å². The van der Waals surface area contributed by atoms with Crippen molar-refractivity contribution in [1.82, 2.24) is 10.6 Å². The standard InChI is InChI=1S/C17H14Cl6N2O/c18-16(19,20)13(11-7-3-1-4-8-11)24-15(26)25-14(17(21,22)23)12-9-5-2-6-10-12/h1-10,13-14H,(H2,24,25,26). The maximum atomic E-state index is 12.5. The molecular formula is C17H14Cl6N2O. The SMILES string of the molecule is O=C(NC(c1ccccc1)C(Cl)(Cl)Cl)NC(c1ccccc1)C(Cl)(Cl)Cl. The molecule has 2 atom stereocenters. The van der Waals surface area contributed by atoms with Gasteiger partial charge in [0.25, 0.3) is 0 Å². The average molecular weight is 475 g/mol. The van der Waals surface area contributed by atoms with E-state index in [9.17, 15) is 4.79 Å². The molecule has 0 aromatic heterocycles. The second-order valence-corrected chi connectivity index (χ2v) is 10.1. The summed E-state index contributed by atoms with van der Waals surface area (Å²) in [5, 5.41) is 5.25. The lowest BCUT2D eigenvalue weighted by Gasteiger charge is -2.30. The first-order valence-electron chi connectivity index (χ1n) is 7.39. The van der Waals surface area contributed by atoms with E-state index in [2.05, 4.69) is 10.6 Å². The van der Waals surface area contributed by atoms with Crippen LogP contribution in [-0.4, -0.2) is 13.6 Å². The van der Waals surface area contributed by atoms with E-state index >= 15 is 0 Å². The lowest BCUT2D eigenvalue weighted by atomic mass is 10.1. The van der Waals surface area contributed by atoms with E-state index in [0.29, 0.717) is 11.1 Å². The average Bonchev–Trinajstić information content (AvgIpc) is 2.57. The van der Waals surface area contributed by atoms with Gasteiger partial charge in [-0.05, 0) is 11.1 Å². The van der Waals surface area contributed by atoms with E-state index < -0.39 is 25.7 Å². The van der Waals surface area contributed by atoms with Crippen LogP contribution in [0, 0.1) is 0 Å². The van der Waals surface area contributed by atoms with Crippen molar-refractivity contribution in [2.75, 3.05) is 0 Å². The number of urea groups is 1. The fourth-order valence-corrected chi connectivity index (χ4v) is 3.39. The highest BCUT2D eigenvalue weighted by molar-refractivity contribution is 6.68. The maximum Gasteiger partial charge on any atom is 0.316 e. The van der Waals surface area contributed by atoms with E-state index in [0.717, 1.165) is 0 Å². The van der Waals surface area contributed by atoms with Crippen molar-refractivity contribution < 1.29 is 4.79 Å². The Morgan fingerprint density at radius 1 is 0.654 bits per heavy atom. The normalized spacial score (nSPS) is 14.4. The van der Waals surface area contributed by atoms with Crippen molar-refractivity contribution in [1.29, 1.82) is 0 Å². The summed E-state index contributed by atoms with van der Waals surface area (Å²) in [6.45, 7) is 0. The Bertz CT molecular complexity index is 654. The predicted molar refractivity (Wildman–Crippen MR) is 111 cm³/mol. The van der Waals surface area contributed by atoms with Gasteiger partial charge in [0, 0.05) is 0 Å². The van der Waals surface area contributed by atoms with Crippen LogP contribution >= 0.6 is 69.6 Å². The van der Waals surface area contributed by atoms with E-state index in [1.54, 1.807) is 48.5 Å². The van der Waals surface area contributed by atoms with Gasteiger partial charge in [-0.15, -0.1) is 0 Å². The number of hydrogen-bond donors (Lipinski definition) is 2. The second-order valence-electron chi connectivity index (χ2n) is 5.39. The molecule has 2 rings (SSSR count). The van der Waals surface area contributed by atoms with Crippen LogP contribution in [0.15, 0.2) is 60.7 Å². The van der Waals surface area contributed by atoms with Gasteiger partial charge in [0.05, 0.1) is 0 Å². The van der Waals surface area contributed by atoms with Gasteiger partial charge in [-0.1, -0.05) is 130 Å². The zero-order valence-electron chi connectivity index (χ0n) is 13.1. The van der Waals surface area contributed by atoms with Crippen molar-refractivity contribution in [3.63, 3.8) is 0 Å². The molecule has 2 unspecified atom stereocenters. The van der Waals surface area contributed by atoms with Crippen LogP contribution < -0.4 is 10.6 Å². The molecule has 0 aliphatic rings. The lowest BCUT2D eigenvalue weighted by molar-refractivity contribution is 0.233. The van der Waals surface area contributed by atoms with E-state index in [1.807, 2.05) is 12.1 Å². The Kier molecular flexibility index (Phi) is 7.61. The minimum atomic E-state index is -1.78. The number of nitrogens with one attached hydrogen (secondary N) is 2. The Morgan fingerprint density at radius 2 is 0.962 bits per heavy atom. The Hall–Kier alpha value is -0.550. The summed E-state index contributed by atoms with van der Waals surface area (Å²) < 4.78 is -3.55. The molecule has 2 aromatic rings. The van der Waals surface area contributed by atoms with Gasteiger partial charge in [0.15, 0.2) is 0 Å². The highest BCUT2D eigenvalue weighted by Gasteiger charge is 2.38. The van der Waals surface area contributed by atoms with Gasteiger partial charge in [-0.3, -0.25) is 0 Å². The first kappa shape index (κ1) is 21.7. The minimum absolute atomic E-state index is 0.618. The maximum absolute atomic E-state index is 12.5. The molecule has 2 aromatic carbocycles. The molecule has 0 aliphatic heterocycles. The van der Waals surface area contributed by atoms with Gasteiger partial charge in [0.1, 0.15) is 12.1 Å². The van der Waals surface area contributed by atoms with Crippen LogP contribution in [-0.2, 0) is 0 Å². The number of halogens is 6. The zero-order chi connectivity index (χ0) is 19.4. The van der Waals surface area contributed by atoms with Crippen molar-refractivity contribution in [3.05, 3.63) is 71.8 Å². The third-order valence-electron chi connectivity index (χ3n) is 3.47. The molecule has 0 radical (unpaired) electrons. The zero-order valence-corrected chi connectivity index (χ0v) is 17.6. The fourth-order valence-electron chi connectivity index (χ4n) is 2.30. The Morgan fingerprint density at radius 3 is 1.23 bits per heavy atom. The second kappa shape index (κ2) is 9.09. The number of benzene rings is 2. The molecule has 0 aliphatic carbocycles. The molecule has 3 nitrogen and oxygen atoms in total. The molecule has 0 fully saturated rings. The highest BCUT2D eigenvalue weighted by Crippen LogP contribution is 2.41. The largest absolute Gasteiger partial charge is 0.327 e. The molecule has 0 saturated heterocycles. The van der Waals surface area contributed by atoms with Crippen LogP contribution in [0.25, 0.3) is 0 Å². The highest BCUT2D eigenvalue weighted by atomic mass is 35.6. The summed E-state index contributed by atoms with van der Waals surface area (Å²) in [5.74, 6) is 0. The summed E-state index contributed by atoms with van der Waals surface area (Å²) in [5.41, 5.74) is 1.24. The van der Waals surface area contributed by atoms with Gasteiger partial charge in [-0.2, -0.15) is 0 Å². The summed E-state index contributed by atoms with van der Waals surface area (Å²) >= 11 is 36.2. The van der Waals surface area contributed by atoms with Gasteiger partial charge in [-0.25, -0.2) is 4.79 Å². The third kappa shape index (κ3) is 6.26. The molecule has 2 amide bonds. The fraction of sp³-hybridized carbons (Fsp3) is 0.235. The first-order valence-corrected chi connectivity index (χ1v) is 9.66. The summed E-state index contributed by atoms with van der Waals surface area (Å²) in [6, 6.07) is 15.2.